The smallest absolute Gasteiger partial charge is 0.357 e. The fourth-order valence-electron chi connectivity index (χ4n) is 1.51. The first-order valence-electron chi connectivity index (χ1n) is 6.06. The molecular formula is C10H24N2O4Si. The van der Waals surface area contributed by atoms with Crippen LogP contribution in [0.25, 0.3) is 0 Å². The molecule has 0 aromatic rings. The molecule has 0 aromatic carbocycles. The summed E-state index contributed by atoms with van der Waals surface area (Å²) in [7, 11) is -3.15. The van der Waals surface area contributed by atoms with Crippen molar-refractivity contribution in [2.24, 2.45) is 5.73 Å². The Bertz CT molecular complexity index is 211. The highest BCUT2D eigenvalue weighted by Crippen LogP contribution is 2.16. The van der Waals surface area contributed by atoms with Crippen LogP contribution in [-0.4, -0.2) is 45.9 Å². The quantitative estimate of drug-likeness (QED) is 0.637. The van der Waals surface area contributed by atoms with E-state index in [0.29, 0.717) is 26.4 Å². The number of amides is 2. The minimum Gasteiger partial charge on any atom is -0.357 e. The van der Waals surface area contributed by atoms with Crippen molar-refractivity contribution in [3.8, 4) is 0 Å². The molecule has 102 valence electrons. The molecular weight excluding hydrogens is 240 g/mol. The second kappa shape index (κ2) is 8.46. The number of nitrogens with zero attached hydrogens (tertiary/aromatic N) is 1. The predicted molar refractivity (Wildman–Crippen MR) is 67.2 cm³/mol. The van der Waals surface area contributed by atoms with Crippen LogP contribution in [-0.2, 0) is 13.3 Å². The predicted octanol–water partition coefficient (Wildman–Crippen LogP) is 1.32. The van der Waals surface area contributed by atoms with Crippen molar-refractivity contribution >= 4 is 15.0 Å². The zero-order chi connectivity index (χ0) is 13.3. The van der Waals surface area contributed by atoms with Crippen LogP contribution in [0.4, 0.5) is 4.79 Å². The maximum Gasteiger partial charge on any atom is 0.637 e. The SMILES string of the molecule is CCCN(C(N)=O)[Si](OCC)(OCC)OCC. The molecule has 0 aliphatic heterocycles. The molecule has 17 heavy (non-hydrogen) atoms. The third-order valence-corrected chi connectivity index (χ3v) is 5.09. The lowest BCUT2D eigenvalue weighted by molar-refractivity contribution is 0.0282. The van der Waals surface area contributed by atoms with Gasteiger partial charge in [-0.1, -0.05) is 6.92 Å². The van der Waals surface area contributed by atoms with Crippen LogP contribution in [0.1, 0.15) is 34.1 Å². The van der Waals surface area contributed by atoms with Crippen LogP contribution < -0.4 is 5.73 Å². The number of urea groups is 1. The highest BCUT2D eigenvalue weighted by Gasteiger charge is 2.50. The van der Waals surface area contributed by atoms with E-state index in [1.54, 1.807) is 0 Å². The maximum atomic E-state index is 11.5. The van der Waals surface area contributed by atoms with E-state index in [1.807, 2.05) is 27.7 Å². The van der Waals surface area contributed by atoms with Crippen LogP contribution in [0.15, 0.2) is 0 Å². The molecule has 0 fully saturated rings. The summed E-state index contributed by atoms with van der Waals surface area (Å²) in [5.74, 6) is 0. The van der Waals surface area contributed by atoms with Crippen molar-refractivity contribution in [1.82, 2.24) is 4.57 Å². The molecule has 0 aromatic heterocycles. The minimum atomic E-state index is -3.15. The Labute approximate surface area is 104 Å². The van der Waals surface area contributed by atoms with E-state index in [1.165, 1.54) is 4.57 Å². The summed E-state index contributed by atoms with van der Waals surface area (Å²) < 4.78 is 18.2. The number of hydrogen-bond donors (Lipinski definition) is 1. The molecule has 0 aliphatic rings. The van der Waals surface area contributed by atoms with Crippen molar-refractivity contribution in [3.63, 3.8) is 0 Å². The van der Waals surface area contributed by atoms with Gasteiger partial charge in [0, 0.05) is 26.4 Å². The van der Waals surface area contributed by atoms with E-state index in [0.717, 1.165) is 6.42 Å². The number of carbonyl (C=O) groups excluding carboxylic acids is 1. The zero-order valence-electron chi connectivity index (χ0n) is 11.2. The number of primary amides is 1. The van der Waals surface area contributed by atoms with Crippen molar-refractivity contribution in [3.05, 3.63) is 0 Å². The fraction of sp³-hybridized carbons (Fsp3) is 0.900. The van der Waals surface area contributed by atoms with E-state index in [4.69, 9.17) is 19.0 Å². The van der Waals surface area contributed by atoms with Gasteiger partial charge < -0.3 is 19.0 Å². The second-order valence-corrected chi connectivity index (χ2v) is 5.77. The standard InChI is InChI=1S/C10H24N2O4Si/c1-5-9-12(10(11)13)17(14-6-2,15-7-3)16-8-4/h5-9H2,1-4H3,(H2,11,13). The van der Waals surface area contributed by atoms with E-state index >= 15 is 0 Å². The Morgan fingerprint density at radius 3 is 1.71 bits per heavy atom. The molecule has 2 amide bonds. The molecule has 0 rings (SSSR count). The molecule has 0 atom stereocenters. The average molecular weight is 264 g/mol. The lowest BCUT2D eigenvalue weighted by Crippen LogP contribution is -2.64. The van der Waals surface area contributed by atoms with Crippen molar-refractivity contribution in [2.75, 3.05) is 26.4 Å². The molecule has 0 saturated heterocycles. The van der Waals surface area contributed by atoms with Crippen LogP contribution >= 0.6 is 0 Å². The van der Waals surface area contributed by atoms with E-state index in [9.17, 15) is 4.79 Å². The molecule has 6 nitrogen and oxygen atoms in total. The van der Waals surface area contributed by atoms with Gasteiger partial charge in [0.25, 0.3) is 0 Å². The Balaban J connectivity index is 5.08. The Morgan fingerprint density at radius 2 is 1.47 bits per heavy atom. The fourth-order valence-corrected chi connectivity index (χ4v) is 4.09. The molecule has 0 radical (unpaired) electrons. The minimum absolute atomic E-state index is 0.416. The van der Waals surface area contributed by atoms with Gasteiger partial charge in [0.05, 0.1) is 0 Å². The molecule has 2 N–H and O–H groups in total. The summed E-state index contributed by atoms with van der Waals surface area (Å²) >= 11 is 0. The zero-order valence-corrected chi connectivity index (χ0v) is 12.2. The van der Waals surface area contributed by atoms with Gasteiger partial charge in [0.2, 0.25) is 0 Å². The maximum absolute atomic E-state index is 11.5. The molecule has 0 unspecified atom stereocenters. The lowest BCUT2D eigenvalue weighted by atomic mass is 10.5. The average Bonchev–Trinajstić information content (AvgIpc) is 2.26. The first-order valence-corrected chi connectivity index (χ1v) is 7.74. The Hall–Kier alpha value is -0.633. The van der Waals surface area contributed by atoms with E-state index < -0.39 is 15.0 Å². The lowest BCUT2D eigenvalue weighted by Gasteiger charge is -2.36. The summed E-state index contributed by atoms with van der Waals surface area (Å²) in [6, 6.07) is -0.561. The van der Waals surface area contributed by atoms with Crippen LogP contribution in [0.3, 0.4) is 0 Å². The van der Waals surface area contributed by atoms with Crippen molar-refractivity contribution < 1.29 is 18.1 Å². The molecule has 0 saturated carbocycles. The summed E-state index contributed by atoms with van der Waals surface area (Å²) in [6.07, 6.45) is 0.769. The third kappa shape index (κ3) is 4.62. The van der Waals surface area contributed by atoms with Crippen LogP contribution in [0, 0.1) is 0 Å². The van der Waals surface area contributed by atoms with Gasteiger partial charge in [-0.2, -0.15) is 0 Å². The number of carbonyl (C=O) groups is 1. The van der Waals surface area contributed by atoms with Crippen LogP contribution in [0.2, 0.25) is 0 Å². The normalized spacial score (nSPS) is 11.5. The van der Waals surface area contributed by atoms with E-state index in [-0.39, 0.29) is 0 Å². The second-order valence-electron chi connectivity index (χ2n) is 3.31. The topological polar surface area (TPSA) is 74.0 Å². The largest absolute Gasteiger partial charge is 0.637 e. The van der Waals surface area contributed by atoms with Gasteiger partial charge in [-0.25, -0.2) is 4.79 Å². The first-order chi connectivity index (χ1) is 8.07. The highest BCUT2D eigenvalue weighted by atomic mass is 28.4. The number of hydrogen-bond acceptors (Lipinski definition) is 4. The van der Waals surface area contributed by atoms with Gasteiger partial charge in [-0.05, 0) is 27.2 Å². The molecule has 0 heterocycles. The van der Waals surface area contributed by atoms with Gasteiger partial charge in [0.1, 0.15) is 0 Å². The van der Waals surface area contributed by atoms with Crippen LogP contribution in [0.5, 0.6) is 0 Å². The van der Waals surface area contributed by atoms with Gasteiger partial charge in [-0.3, -0.25) is 4.57 Å². The monoisotopic (exact) mass is 264 g/mol. The van der Waals surface area contributed by atoms with Gasteiger partial charge in [-0.15, -0.1) is 0 Å². The summed E-state index contributed by atoms with van der Waals surface area (Å²) in [4.78, 5) is 11.5. The number of rotatable bonds is 9. The van der Waals surface area contributed by atoms with Gasteiger partial charge in [0.15, 0.2) is 0 Å². The number of nitrogens with two attached hydrogens (primary N) is 1. The molecule has 7 heteroatoms. The summed E-state index contributed by atoms with van der Waals surface area (Å²) in [5.41, 5.74) is 5.38. The highest BCUT2D eigenvalue weighted by molar-refractivity contribution is 6.60. The Kier molecular flexibility index (Phi) is 8.14. The third-order valence-electron chi connectivity index (χ3n) is 2.02. The molecule has 0 aliphatic carbocycles. The first kappa shape index (κ1) is 16.4. The summed E-state index contributed by atoms with van der Waals surface area (Å²) in [5, 5.41) is 0. The summed E-state index contributed by atoms with van der Waals surface area (Å²) in [6.45, 7) is 9.19. The van der Waals surface area contributed by atoms with E-state index in [2.05, 4.69) is 0 Å². The molecule has 0 bridgehead atoms. The van der Waals surface area contributed by atoms with Crippen molar-refractivity contribution in [1.29, 1.82) is 0 Å². The van der Waals surface area contributed by atoms with Crippen molar-refractivity contribution in [2.45, 2.75) is 34.1 Å². The van der Waals surface area contributed by atoms with Gasteiger partial charge >= 0.3 is 15.0 Å². The molecule has 0 spiro atoms. The Morgan fingerprint density at radius 1 is 1.06 bits per heavy atom.